The van der Waals surface area contributed by atoms with Gasteiger partial charge in [0.2, 0.25) is 11.0 Å². The third-order valence-electron chi connectivity index (χ3n) is 4.77. The van der Waals surface area contributed by atoms with Crippen LogP contribution in [0.25, 0.3) is 0 Å². The first-order valence-corrected chi connectivity index (χ1v) is 12.2. The van der Waals surface area contributed by atoms with E-state index in [-0.39, 0.29) is 11.7 Å². The number of aromatic nitrogens is 2. The summed E-state index contributed by atoms with van der Waals surface area (Å²) in [4.78, 5) is 25.4. The number of thiophene rings is 1. The normalized spacial score (nSPS) is 12.6. The fraction of sp³-hybridized carbons (Fsp3) is 0.300. The number of hydrogen-bond acceptors (Lipinski definition) is 8. The van der Waals surface area contributed by atoms with E-state index in [1.807, 2.05) is 12.1 Å². The van der Waals surface area contributed by atoms with Gasteiger partial charge in [0.1, 0.15) is 5.00 Å². The van der Waals surface area contributed by atoms with Gasteiger partial charge < -0.3 is 16.4 Å². The van der Waals surface area contributed by atoms with Crippen LogP contribution in [0.1, 0.15) is 39.7 Å². The molecule has 30 heavy (non-hydrogen) atoms. The van der Waals surface area contributed by atoms with Crippen molar-refractivity contribution in [2.45, 2.75) is 36.9 Å². The average molecular weight is 460 g/mol. The number of anilines is 3. The van der Waals surface area contributed by atoms with Crippen molar-refractivity contribution in [3.05, 3.63) is 45.8 Å². The van der Waals surface area contributed by atoms with Crippen molar-refractivity contribution in [1.29, 1.82) is 0 Å². The SMILES string of the molecule is CCc1ccc(Nc2nnc(SCC(=O)Nc3sc4c(c3C(N)=O)CCC4)s2)cc1. The summed E-state index contributed by atoms with van der Waals surface area (Å²) in [6.07, 6.45) is 3.81. The van der Waals surface area contributed by atoms with E-state index in [9.17, 15) is 9.59 Å². The van der Waals surface area contributed by atoms with E-state index in [0.29, 0.717) is 20.0 Å². The van der Waals surface area contributed by atoms with E-state index in [0.717, 1.165) is 41.8 Å². The first-order valence-electron chi connectivity index (χ1n) is 9.60. The Balaban J connectivity index is 1.33. The van der Waals surface area contributed by atoms with E-state index >= 15 is 0 Å². The monoisotopic (exact) mass is 459 g/mol. The van der Waals surface area contributed by atoms with E-state index in [2.05, 4.69) is 39.9 Å². The molecule has 156 valence electrons. The number of carbonyl (C=O) groups excluding carboxylic acids is 2. The van der Waals surface area contributed by atoms with Crippen LogP contribution in [0, 0.1) is 0 Å². The lowest BCUT2D eigenvalue weighted by Gasteiger charge is -2.05. The largest absolute Gasteiger partial charge is 0.365 e. The molecule has 3 aromatic rings. The van der Waals surface area contributed by atoms with Crippen molar-refractivity contribution in [3.63, 3.8) is 0 Å². The van der Waals surface area contributed by atoms with Crippen LogP contribution in [0.4, 0.5) is 15.8 Å². The number of aryl methyl sites for hydroxylation is 2. The number of benzene rings is 1. The van der Waals surface area contributed by atoms with Crippen molar-refractivity contribution < 1.29 is 9.59 Å². The highest BCUT2D eigenvalue weighted by Crippen LogP contribution is 2.39. The van der Waals surface area contributed by atoms with Crippen LogP contribution in [0.5, 0.6) is 0 Å². The number of hydrogen-bond donors (Lipinski definition) is 3. The number of nitrogens with zero attached hydrogens (tertiary/aromatic N) is 2. The number of fused-ring (bicyclic) bond motifs is 1. The highest BCUT2D eigenvalue weighted by Gasteiger charge is 2.26. The molecule has 2 amide bonds. The Kier molecular flexibility index (Phi) is 6.35. The summed E-state index contributed by atoms with van der Waals surface area (Å²) in [6.45, 7) is 2.12. The maximum absolute atomic E-state index is 12.4. The summed E-state index contributed by atoms with van der Waals surface area (Å²) < 4.78 is 0.696. The lowest BCUT2D eigenvalue weighted by molar-refractivity contribution is -0.113. The average Bonchev–Trinajstić information content (AvgIpc) is 3.43. The van der Waals surface area contributed by atoms with Crippen LogP contribution in [-0.2, 0) is 24.1 Å². The first kappa shape index (κ1) is 20.8. The Morgan fingerprint density at radius 3 is 2.70 bits per heavy atom. The summed E-state index contributed by atoms with van der Waals surface area (Å²) in [7, 11) is 0. The minimum atomic E-state index is -0.482. The molecule has 2 heterocycles. The Morgan fingerprint density at radius 1 is 1.17 bits per heavy atom. The maximum atomic E-state index is 12.4. The highest BCUT2D eigenvalue weighted by atomic mass is 32.2. The van der Waals surface area contributed by atoms with Crippen LogP contribution in [0.2, 0.25) is 0 Å². The zero-order valence-corrected chi connectivity index (χ0v) is 18.8. The molecule has 10 heteroatoms. The van der Waals surface area contributed by atoms with Crippen molar-refractivity contribution in [2.75, 3.05) is 16.4 Å². The molecule has 1 aliphatic carbocycles. The molecule has 1 aromatic carbocycles. The second kappa shape index (κ2) is 9.15. The minimum absolute atomic E-state index is 0.181. The van der Waals surface area contributed by atoms with Crippen molar-refractivity contribution in [1.82, 2.24) is 10.2 Å². The quantitative estimate of drug-likeness (QED) is 0.435. The topological polar surface area (TPSA) is 110 Å². The van der Waals surface area contributed by atoms with Crippen molar-refractivity contribution >= 4 is 62.1 Å². The summed E-state index contributed by atoms with van der Waals surface area (Å²) in [6, 6.07) is 8.17. The zero-order valence-electron chi connectivity index (χ0n) is 16.4. The van der Waals surface area contributed by atoms with E-state index < -0.39 is 5.91 Å². The summed E-state index contributed by atoms with van der Waals surface area (Å²) in [5.41, 5.74) is 9.24. The third kappa shape index (κ3) is 4.66. The smallest absolute Gasteiger partial charge is 0.251 e. The van der Waals surface area contributed by atoms with Crippen LogP contribution >= 0.6 is 34.4 Å². The molecule has 1 aliphatic rings. The molecule has 2 aromatic heterocycles. The van der Waals surface area contributed by atoms with Gasteiger partial charge in [-0.05, 0) is 48.9 Å². The van der Waals surface area contributed by atoms with Gasteiger partial charge in [-0.1, -0.05) is 42.2 Å². The van der Waals surface area contributed by atoms with E-state index in [1.165, 1.54) is 40.0 Å². The Hall–Kier alpha value is -2.43. The molecular weight excluding hydrogens is 438 g/mol. The highest BCUT2D eigenvalue weighted by molar-refractivity contribution is 8.01. The van der Waals surface area contributed by atoms with E-state index in [1.54, 1.807) is 0 Å². The number of nitrogens with two attached hydrogens (primary N) is 1. The van der Waals surface area contributed by atoms with Gasteiger partial charge in [-0.3, -0.25) is 9.59 Å². The third-order valence-corrected chi connectivity index (χ3v) is 7.95. The van der Waals surface area contributed by atoms with Gasteiger partial charge >= 0.3 is 0 Å². The van der Waals surface area contributed by atoms with Gasteiger partial charge in [-0.2, -0.15) is 0 Å². The number of primary amides is 1. The fourth-order valence-corrected chi connectivity index (χ4v) is 6.19. The van der Waals surface area contributed by atoms with Crippen LogP contribution in [0.15, 0.2) is 28.6 Å². The molecule has 4 rings (SSSR count). The van der Waals surface area contributed by atoms with Gasteiger partial charge in [0.25, 0.3) is 5.91 Å². The number of thioether (sulfide) groups is 1. The second-order valence-corrected chi connectivity index (χ2v) is 10.1. The standard InChI is InChI=1S/C20H21N5O2S3/c1-2-11-6-8-12(9-7-11)22-19-24-25-20(30-19)28-10-15(26)23-18-16(17(21)27)13-4-3-5-14(13)29-18/h6-9H,2-5,10H2,1H3,(H2,21,27)(H,22,24)(H,23,26). The van der Waals surface area contributed by atoms with Crippen LogP contribution in [0.3, 0.4) is 0 Å². The molecule has 0 bridgehead atoms. The molecule has 0 saturated heterocycles. The second-order valence-electron chi connectivity index (χ2n) is 6.81. The molecular formula is C20H21N5O2S3. The Morgan fingerprint density at radius 2 is 1.97 bits per heavy atom. The van der Waals surface area contributed by atoms with Gasteiger partial charge in [-0.15, -0.1) is 21.5 Å². The maximum Gasteiger partial charge on any atom is 0.251 e. The molecule has 0 fully saturated rings. The van der Waals surface area contributed by atoms with Gasteiger partial charge in [0.05, 0.1) is 11.3 Å². The molecule has 0 radical (unpaired) electrons. The molecule has 0 spiro atoms. The van der Waals surface area contributed by atoms with Crippen molar-refractivity contribution in [2.24, 2.45) is 5.73 Å². The van der Waals surface area contributed by atoms with E-state index in [4.69, 9.17) is 5.73 Å². The molecule has 7 nitrogen and oxygen atoms in total. The summed E-state index contributed by atoms with van der Waals surface area (Å²) in [5, 5.41) is 15.6. The summed E-state index contributed by atoms with van der Waals surface area (Å²) >= 11 is 4.16. The van der Waals surface area contributed by atoms with Crippen molar-refractivity contribution in [3.8, 4) is 0 Å². The lowest BCUT2D eigenvalue weighted by Crippen LogP contribution is -2.18. The molecule has 0 saturated carbocycles. The van der Waals surface area contributed by atoms with Crippen LogP contribution in [-0.4, -0.2) is 27.8 Å². The number of rotatable bonds is 8. The fourth-order valence-electron chi connectivity index (χ4n) is 3.31. The Bertz CT molecular complexity index is 1070. The summed E-state index contributed by atoms with van der Waals surface area (Å²) in [5.74, 6) is -0.493. The van der Waals surface area contributed by atoms with Crippen LogP contribution < -0.4 is 16.4 Å². The van der Waals surface area contributed by atoms with Gasteiger partial charge in [0, 0.05) is 10.6 Å². The molecule has 4 N–H and O–H groups in total. The Labute approximate surface area is 186 Å². The first-order chi connectivity index (χ1) is 14.5. The molecule has 0 aliphatic heterocycles. The zero-order chi connectivity index (χ0) is 21.1. The van der Waals surface area contributed by atoms with Gasteiger partial charge in [0.15, 0.2) is 4.34 Å². The lowest BCUT2D eigenvalue weighted by atomic mass is 10.1. The molecule has 0 unspecified atom stereocenters. The predicted molar refractivity (Wildman–Crippen MR) is 123 cm³/mol. The number of amides is 2. The number of carbonyl (C=O) groups is 2. The molecule has 0 atom stereocenters. The number of nitrogens with one attached hydrogen (secondary N) is 2. The minimum Gasteiger partial charge on any atom is -0.365 e. The van der Waals surface area contributed by atoms with Gasteiger partial charge in [-0.25, -0.2) is 0 Å². The predicted octanol–water partition coefficient (Wildman–Crippen LogP) is 4.22.